The average Bonchev–Trinajstić information content (AvgIpc) is 2.17. The highest BCUT2D eigenvalue weighted by Gasteiger charge is 2.07. The van der Waals surface area contributed by atoms with Crippen molar-refractivity contribution >= 4 is 11.9 Å². The smallest absolute Gasteiger partial charge is 0.303 e. The number of unbranched alkanes of at least 4 members (excludes halogenated alkanes) is 2. The van der Waals surface area contributed by atoms with Gasteiger partial charge in [-0.2, -0.15) is 0 Å². The first-order chi connectivity index (χ1) is 7.56. The molecule has 16 heavy (non-hydrogen) atoms. The minimum atomic E-state index is -0.844. The third kappa shape index (κ3) is 9.49. The molecular formula is C12H23NO3. The Morgan fingerprint density at radius 3 is 2.44 bits per heavy atom. The lowest BCUT2D eigenvalue weighted by atomic mass is 10.1. The molecule has 0 heterocycles. The third-order valence-corrected chi connectivity index (χ3v) is 2.44. The van der Waals surface area contributed by atoms with E-state index in [0.29, 0.717) is 12.8 Å². The van der Waals surface area contributed by atoms with Crippen molar-refractivity contribution in [2.45, 2.75) is 64.8 Å². The number of carboxylic acid groups (broad SMARTS) is 1. The summed E-state index contributed by atoms with van der Waals surface area (Å²) >= 11 is 0. The van der Waals surface area contributed by atoms with Crippen LogP contribution in [0.25, 0.3) is 0 Å². The lowest BCUT2D eigenvalue weighted by molar-refractivity contribution is -0.137. The van der Waals surface area contributed by atoms with Crippen LogP contribution in [0.2, 0.25) is 0 Å². The second-order valence-electron chi connectivity index (χ2n) is 4.21. The number of carbonyl (C=O) groups is 2. The number of hydrogen-bond acceptors (Lipinski definition) is 2. The molecule has 94 valence electrons. The molecule has 0 unspecified atom stereocenters. The molecule has 1 atom stereocenters. The zero-order valence-electron chi connectivity index (χ0n) is 10.3. The van der Waals surface area contributed by atoms with E-state index in [1.165, 1.54) is 12.8 Å². The summed E-state index contributed by atoms with van der Waals surface area (Å²) in [4.78, 5) is 21.6. The van der Waals surface area contributed by atoms with E-state index < -0.39 is 5.97 Å². The van der Waals surface area contributed by atoms with E-state index in [2.05, 4.69) is 12.2 Å². The second-order valence-corrected chi connectivity index (χ2v) is 4.21. The van der Waals surface area contributed by atoms with Gasteiger partial charge in [-0.1, -0.05) is 26.2 Å². The fourth-order valence-electron chi connectivity index (χ4n) is 1.52. The SMILES string of the molecule is CCCCC[C@H](C)NC(=O)CCCC(=O)O. The largest absolute Gasteiger partial charge is 0.481 e. The normalized spacial score (nSPS) is 12.1. The Labute approximate surface area is 97.4 Å². The molecule has 0 fully saturated rings. The van der Waals surface area contributed by atoms with Crippen LogP contribution in [0.15, 0.2) is 0 Å². The Bertz CT molecular complexity index is 216. The van der Waals surface area contributed by atoms with Crippen LogP contribution in [0.1, 0.15) is 58.8 Å². The maximum absolute atomic E-state index is 11.4. The Hall–Kier alpha value is -1.06. The molecule has 0 aromatic rings. The number of hydrogen-bond donors (Lipinski definition) is 2. The first-order valence-electron chi connectivity index (χ1n) is 6.07. The highest BCUT2D eigenvalue weighted by atomic mass is 16.4. The van der Waals surface area contributed by atoms with Crippen LogP contribution in [0.5, 0.6) is 0 Å². The number of carbonyl (C=O) groups excluding carboxylic acids is 1. The van der Waals surface area contributed by atoms with E-state index in [4.69, 9.17) is 5.11 Å². The number of nitrogens with one attached hydrogen (secondary N) is 1. The molecule has 0 saturated carbocycles. The summed E-state index contributed by atoms with van der Waals surface area (Å²) < 4.78 is 0. The van der Waals surface area contributed by atoms with Crippen molar-refractivity contribution in [2.24, 2.45) is 0 Å². The third-order valence-electron chi connectivity index (χ3n) is 2.44. The van der Waals surface area contributed by atoms with Gasteiger partial charge in [-0.25, -0.2) is 0 Å². The van der Waals surface area contributed by atoms with Crippen molar-refractivity contribution in [1.82, 2.24) is 5.32 Å². The van der Waals surface area contributed by atoms with Crippen LogP contribution in [-0.4, -0.2) is 23.0 Å². The van der Waals surface area contributed by atoms with Crippen molar-refractivity contribution in [3.8, 4) is 0 Å². The van der Waals surface area contributed by atoms with E-state index in [-0.39, 0.29) is 18.4 Å². The molecule has 0 saturated heterocycles. The standard InChI is InChI=1S/C12H23NO3/c1-3-4-5-7-10(2)13-11(14)8-6-9-12(15)16/h10H,3-9H2,1-2H3,(H,13,14)(H,15,16)/t10-/m0/s1. The van der Waals surface area contributed by atoms with E-state index in [1.54, 1.807) is 0 Å². The van der Waals surface area contributed by atoms with Crippen LogP contribution in [0.3, 0.4) is 0 Å². The molecule has 0 radical (unpaired) electrons. The number of rotatable bonds is 9. The molecule has 4 heteroatoms. The van der Waals surface area contributed by atoms with Crippen LogP contribution >= 0.6 is 0 Å². The fourth-order valence-corrected chi connectivity index (χ4v) is 1.52. The molecule has 0 spiro atoms. The van der Waals surface area contributed by atoms with Gasteiger partial charge in [-0.3, -0.25) is 9.59 Å². The second kappa shape index (κ2) is 9.19. The Balaban J connectivity index is 3.50. The minimum Gasteiger partial charge on any atom is -0.481 e. The lowest BCUT2D eigenvalue weighted by Crippen LogP contribution is -2.32. The predicted molar refractivity (Wildman–Crippen MR) is 63.2 cm³/mol. The van der Waals surface area contributed by atoms with E-state index in [0.717, 1.165) is 12.8 Å². The summed E-state index contributed by atoms with van der Waals surface area (Å²) in [6.07, 6.45) is 5.30. The first-order valence-corrected chi connectivity index (χ1v) is 6.07. The Morgan fingerprint density at radius 1 is 1.19 bits per heavy atom. The number of aliphatic carboxylic acids is 1. The van der Waals surface area contributed by atoms with Gasteiger partial charge in [-0.15, -0.1) is 0 Å². The van der Waals surface area contributed by atoms with Crippen molar-refractivity contribution < 1.29 is 14.7 Å². The molecular weight excluding hydrogens is 206 g/mol. The maximum atomic E-state index is 11.4. The van der Waals surface area contributed by atoms with E-state index >= 15 is 0 Å². The summed E-state index contributed by atoms with van der Waals surface area (Å²) in [5.41, 5.74) is 0. The highest BCUT2D eigenvalue weighted by Crippen LogP contribution is 2.03. The highest BCUT2D eigenvalue weighted by molar-refractivity contribution is 5.76. The van der Waals surface area contributed by atoms with Crippen LogP contribution in [-0.2, 0) is 9.59 Å². The molecule has 0 aromatic heterocycles. The van der Waals surface area contributed by atoms with Gasteiger partial charge in [0.2, 0.25) is 5.91 Å². The molecule has 0 aromatic carbocycles. The van der Waals surface area contributed by atoms with Gasteiger partial charge >= 0.3 is 5.97 Å². The molecule has 0 aliphatic rings. The quantitative estimate of drug-likeness (QED) is 0.596. The van der Waals surface area contributed by atoms with Gasteiger partial charge in [-0.05, 0) is 19.8 Å². The minimum absolute atomic E-state index is 0.0368. The fraction of sp³-hybridized carbons (Fsp3) is 0.833. The summed E-state index contributed by atoms with van der Waals surface area (Å²) in [6.45, 7) is 4.14. The zero-order valence-corrected chi connectivity index (χ0v) is 10.3. The summed E-state index contributed by atoms with van der Waals surface area (Å²) in [5, 5.41) is 11.3. The van der Waals surface area contributed by atoms with Gasteiger partial charge in [0.05, 0.1) is 0 Å². The van der Waals surface area contributed by atoms with Gasteiger partial charge in [0.1, 0.15) is 0 Å². The summed E-state index contributed by atoms with van der Waals surface area (Å²) in [6, 6.07) is 0.198. The van der Waals surface area contributed by atoms with Gasteiger partial charge in [0, 0.05) is 18.9 Å². The predicted octanol–water partition coefficient (Wildman–Crippen LogP) is 2.33. The van der Waals surface area contributed by atoms with E-state index in [9.17, 15) is 9.59 Å². The van der Waals surface area contributed by atoms with Gasteiger partial charge in [0.25, 0.3) is 0 Å². The maximum Gasteiger partial charge on any atom is 0.303 e. The van der Waals surface area contributed by atoms with Crippen molar-refractivity contribution in [2.75, 3.05) is 0 Å². The molecule has 0 aliphatic carbocycles. The summed E-state index contributed by atoms with van der Waals surface area (Å²) in [5.74, 6) is -0.881. The monoisotopic (exact) mass is 229 g/mol. The van der Waals surface area contributed by atoms with Gasteiger partial charge in [0.15, 0.2) is 0 Å². The number of amides is 1. The van der Waals surface area contributed by atoms with Crippen LogP contribution in [0.4, 0.5) is 0 Å². The van der Waals surface area contributed by atoms with Crippen molar-refractivity contribution in [1.29, 1.82) is 0 Å². The summed E-state index contributed by atoms with van der Waals surface area (Å²) in [7, 11) is 0. The van der Waals surface area contributed by atoms with Crippen molar-refractivity contribution in [3.05, 3.63) is 0 Å². The number of carboxylic acids is 1. The molecule has 4 nitrogen and oxygen atoms in total. The molecule has 0 bridgehead atoms. The molecule has 1 amide bonds. The van der Waals surface area contributed by atoms with Gasteiger partial charge < -0.3 is 10.4 Å². The molecule has 0 rings (SSSR count). The molecule has 0 aliphatic heterocycles. The first kappa shape index (κ1) is 14.9. The topological polar surface area (TPSA) is 66.4 Å². The Kier molecular flexibility index (Phi) is 8.58. The molecule has 2 N–H and O–H groups in total. The van der Waals surface area contributed by atoms with Crippen molar-refractivity contribution in [3.63, 3.8) is 0 Å². The average molecular weight is 229 g/mol. The van der Waals surface area contributed by atoms with Crippen LogP contribution < -0.4 is 5.32 Å². The zero-order chi connectivity index (χ0) is 12.4. The van der Waals surface area contributed by atoms with E-state index in [1.807, 2.05) is 6.92 Å². The van der Waals surface area contributed by atoms with Crippen LogP contribution in [0, 0.1) is 0 Å². The Morgan fingerprint density at radius 2 is 1.88 bits per heavy atom. The lowest BCUT2D eigenvalue weighted by Gasteiger charge is -2.13.